The fourth-order valence-corrected chi connectivity index (χ4v) is 8.48. The number of rotatable bonds is 17. The van der Waals surface area contributed by atoms with Crippen LogP contribution in [-0.4, -0.2) is 52.7 Å². The van der Waals surface area contributed by atoms with Crippen molar-refractivity contribution in [3.05, 3.63) is 178 Å². The molecule has 0 bridgehead atoms. The first kappa shape index (κ1) is 40.7. The van der Waals surface area contributed by atoms with Gasteiger partial charge in [0.1, 0.15) is 29.1 Å². The highest BCUT2D eigenvalue weighted by atomic mass is 32.2. The van der Waals surface area contributed by atoms with E-state index in [9.17, 15) is 24.5 Å². The van der Waals surface area contributed by atoms with Gasteiger partial charge in [-0.25, -0.2) is 4.72 Å². The zero-order chi connectivity index (χ0) is 39.3. The van der Waals surface area contributed by atoms with Crippen molar-refractivity contribution in [1.82, 2.24) is 15.4 Å². The van der Waals surface area contributed by atoms with Crippen molar-refractivity contribution in [3.63, 3.8) is 0 Å². The lowest BCUT2D eigenvalue weighted by Crippen LogP contribution is -2.54. The lowest BCUT2D eigenvalue weighted by atomic mass is 9.84. The second-order valence-electron chi connectivity index (χ2n) is 13.6. The van der Waals surface area contributed by atoms with E-state index in [0.717, 1.165) is 34.2 Å². The fourth-order valence-electron chi connectivity index (χ4n) is 5.96. The minimum atomic E-state index is -1.06. The van der Waals surface area contributed by atoms with E-state index in [-0.39, 0.29) is 24.4 Å². The van der Waals surface area contributed by atoms with E-state index in [4.69, 9.17) is 4.74 Å². The van der Waals surface area contributed by atoms with E-state index >= 15 is 0 Å². The van der Waals surface area contributed by atoms with Gasteiger partial charge in [-0.15, -0.1) is 11.8 Å². The quantitative estimate of drug-likeness (QED) is 0.0289. The Kier molecular flexibility index (Phi) is 14.3. The maximum atomic E-state index is 14.5. The van der Waals surface area contributed by atoms with Crippen molar-refractivity contribution >= 4 is 47.2 Å². The molecular weight excluding hydrogens is 733 g/mol. The van der Waals surface area contributed by atoms with Gasteiger partial charge in [0.05, 0.1) is 9.67 Å². The van der Waals surface area contributed by atoms with Gasteiger partial charge in [0.15, 0.2) is 0 Å². The summed E-state index contributed by atoms with van der Waals surface area (Å²) in [5, 5.41) is 17.5. The SMILES string of the molecule is CC(C)(C)OC(=O)CNC(=O)[C@H](Cc1ccccc1)NC(=O)[C@@H](CSC(c1ccccc1)(c1ccccc1)c1ccccc1)NSc1ccccc1[N+](=O)[O-]. The largest absolute Gasteiger partial charge is 0.459 e. The Balaban J connectivity index is 1.50. The molecule has 5 aromatic carbocycles. The van der Waals surface area contributed by atoms with E-state index in [1.807, 2.05) is 84.9 Å². The number of para-hydroxylation sites is 1. The van der Waals surface area contributed by atoms with Gasteiger partial charge in [0.25, 0.3) is 5.69 Å². The van der Waals surface area contributed by atoms with E-state index < -0.39 is 45.1 Å². The number of nitro benzene ring substituents is 1. The van der Waals surface area contributed by atoms with Gasteiger partial charge in [-0.05, 0) is 61.0 Å². The Morgan fingerprint density at radius 1 is 0.691 bits per heavy atom. The summed E-state index contributed by atoms with van der Waals surface area (Å²) in [4.78, 5) is 52.5. The molecule has 0 aliphatic rings. The minimum absolute atomic E-state index is 0.109. The van der Waals surface area contributed by atoms with Crippen LogP contribution in [0.5, 0.6) is 0 Å². The van der Waals surface area contributed by atoms with Crippen molar-refractivity contribution in [2.24, 2.45) is 0 Å². The van der Waals surface area contributed by atoms with Crippen LogP contribution in [0.1, 0.15) is 43.0 Å². The second kappa shape index (κ2) is 19.2. The lowest BCUT2D eigenvalue weighted by Gasteiger charge is -2.36. The molecule has 3 N–H and O–H groups in total. The number of nitrogens with one attached hydrogen (secondary N) is 3. The number of amides is 2. The third kappa shape index (κ3) is 11.3. The molecule has 55 heavy (non-hydrogen) atoms. The van der Waals surface area contributed by atoms with E-state index in [0.29, 0.717) is 4.90 Å². The number of nitro groups is 1. The average Bonchev–Trinajstić information content (AvgIpc) is 3.19. The maximum absolute atomic E-state index is 14.5. The highest BCUT2D eigenvalue weighted by Crippen LogP contribution is 2.48. The molecule has 284 valence electrons. The van der Waals surface area contributed by atoms with Crippen LogP contribution in [0.15, 0.2) is 150 Å². The topological polar surface area (TPSA) is 140 Å². The molecule has 0 fully saturated rings. The average molecular weight is 777 g/mol. The molecule has 5 rings (SSSR count). The van der Waals surface area contributed by atoms with Crippen LogP contribution >= 0.6 is 23.7 Å². The van der Waals surface area contributed by atoms with Crippen molar-refractivity contribution in [3.8, 4) is 0 Å². The van der Waals surface area contributed by atoms with Crippen LogP contribution in [0.4, 0.5) is 5.69 Å². The van der Waals surface area contributed by atoms with Crippen LogP contribution in [0.2, 0.25) is 0 Å². The molecule has 0 saturated heterocycles. The normalized spacial score (nSPS) is 12.6. The van der Waals surface area contributed by atoms with Crippen LogP contribution in [0.3, 0.4) is 0 Å². The zero-order valence-corrected chi connectivity index (χ0v) is 32.5. The molecule has 0 heterocycles. The molecule has 0 saturated carbocycles. The Morgan fingerprint density at radius 2 is 1.18 bits per heavy atom. The molecule has 10 nitrogen and oxygen atoms in total. The number of carbonyl (C=O) groups excluding carboxylic acids is 3. The number of thioether (sulfide) groups is 1. The first-order chi connectivity index (χ1) is 26.5. The maximum Gasteiger partial charge on any atom is 0.325 e. The summed E-state index contributed by atoms with van der Waals surface area (Å²) in [7, 11) is 0. The van der Waals surface area contributed by atoms with Crippen molar-refractivity contribution < 1.29 is 24.0 Å². The van der Waals surface area contributed by atoms with Crippen LogP contribution < -0.4 is 15.4 Å². The number of esters is 1. The molecule has 2 amide bonds. The first-order valence-electron chi connectivity index (χ1n) is 17.8. The number of hydrogen-bond donors (Lipinski definition) is 3. The van der Waals surface area contributed by atoms with Gasteiger partial charge in [-0.2, -0.15) is 0 Å². The second-order valence-corrected chi connectivity index (χ2v) is 15.8. The molecular formula is C43H44N4O6S2. The zero-order valence-electron chi connectivity index (χ0n) is 30.8. The van der Waals surface area contributed by atoms with E-state index in [2.05, 4.69) is 51.8 Å². The van der Waals surface area contributed by atoms with Gasteiger partial charge >= 0.3 is 5.97 Å². The molecule has 0 aromatic heterocycles. The number of hydrogen-bond acceptors (Lipinski definition) is 9. The molecule has 0 unspecified atom stereocenters. The summed E-state index contributed by atoms with van der Waals surface area (Å²) in [5.41, 5.74) is 2.92. The smallest absolute Gasteiger partial charge is 0.325 e. The van der Waals surface area contributed by atoms with Crippen LogP contribution in [-0.2, 0) is 30.3 Å². The van der Waals surface area contributed by atoms with Crippen LogP contribution in [0, 0.1) is 10.1 Å². The Hall–Kier alpha value is -5.43. The third-order valence-corrected chi connectivity index (χ3v) is 11.0. The first-order valence-corrected chi connectivity index (χ1v) is 19.6. The fraction of sp³-hybridized carbons (Fsp3) is 0.233. The standard InChI is InChI=1S/C43H44N4O6S2/c1-42(2,3)53-39(48)29-44-40(49)35(28-31-18-8-4-9-19-31)45-41(50)36(46-55-38-27-17-16-26-37(38)47(51)52)30-54-43(32-20-10-5-11-21-32,33-22-12-6-13-23-33)34-24-14-7-15-25-34/h4-27,35-36,46H,28-30H2,1-3H3,(H,44,49)(H,45,50)/t35-,36+/m0/s1. The predicted molar refractivity (Wildman–Crippen MR) is 218 cm³/mol. The number of ether oxygens (including phenoxy) is 1. The van der Waals surface area contributed by atoms with Crippen LogP contribution in [0.25, 0.3) is 0 Å². The van der Waals surface area contributed by atoms with Gasteiger partial charge in [-0.1, -0.05) is 133 Å². The van der Waals surface area contributed by atoms with E-state index in [1.54, 1.807) is 39.0 Å². The predicted octanol–water partition coefficient (Wildman–Crippen LogP) is 7.47. The highest BCUT2D eigenvalue weighted by Gasteiger charge is 2.39. The molecule has 5 aromatic rings. The number of nitrogens with zero attached hydrogens (tertiary/aromatic N) is 1. The molecule has 0 radical (unpaired) electrons. The van der Waals surface area contributed by atoms with Crippen molar-refractivity contribution in [2.45, 2.75) is 54.5 Å². The molecule has 0 spiro atoms. The number of carbonyl (C=O) groups is 3. The Morgan fingerprint density at radius 3 is 1.69 bits per heavy atom. The molecule has 0 aliphatic carbocycles. The van der Waals surface area contributed by atoms with Gasteiger partial charge in [0, 0.05) is 18.2 Å². The van der Waals surface area contributed by atoms with Gasteiger partial charge in [0.2, 0.25) is 11.8 Å². The van der Waals surface area contributed by atoms with Crippen molar-refractivity contribution in [1.29, 1.82) is 0 Å². The van der Waals surface area contributed by atoms with Gasteiger partial charge in [-0.3, -0.25) is 24.5 Å². The summed E-state index contributed by atoms with van der Waals surface area (Å²) >= 11 is 2.52. The molecule has 0 aliphatic heterocycles. The van der Waals surface area contributed by atoms with Crippen molar-refractivity contribution in [2.75, 3.05) is 12.3 Å². The summed E-state index contributed by atoms with van der Waals surface area (Å²) in [6.45, 7) is 4.83. The monoisotopic (exact) mass is 776 g/mol. The lowest BCUT2D eigenvalue weighted by molar-refractivity contribution is -0.387. The van der Waals surface area contributed by atoms with Gasteiger partial charge < -0.3 is 15.4 Å². The number of benzene rings is 5. The summed E-state index contributed by atoms with van der Waals surface area (Å²) in [5.74, 6) is -1.50. The molecule has 2 atom stereocenters. The summed E-state index contributed by atoms with van der Waals surface area (Å²) < 4.78 is 7.81. The highest BCUT2D eigenvalue weighted by molar-refractivity contribution is 8.01. The van der Waals surface area contributed by atoms with E-state index in [1.165, 1.54) is 17.8 Å². The Bertz CT molecular complexity index is 1930. The summed E-state index contributed by atoms with van der Waals surface area (Å²) in [6.07, 6.45) is 0.145. The summed E-state index contributed by atoms with van der Waals surface area (Å²) in [6, 6.07) is 43.6. The Labute approximate surface area is 330 Å². The minimum Gasteiger partial charge on any atom is -0.459 e. The third-order valence-electron chi connectivity index (χ3n) is 8.44. The molecule has 12 heteroatoms.